The maximum atomic E-state index is 6.09. The zero-order chi connectivity index (χ0) is 17.2. The number of aromatic amines is 1. The molecule has 4 rings (SSSR count). The summed E-state index contributed by atoms with van der Waals surface area (Å²) in [5.74, 6) is 1.65. The Hall–Kier alpha value is -2.11. The van der Waals surface area contributed by atoms with Crippen molar-refractivity contribution in [2.75, 3.05) is 18.4 Å². The van der Waals surface area contributed by atoms with Gasteiger partial charge < -0.3 is 10.3 Å². The molecule has 0 spiro atoms. The van der Waals surface area contributed by atoms with Crippen LogP contribution >= 0.6 is 11.6 Å². The van der Waals surface area contributed by atoms with Crippen LogP contribution in [-0.2, 0) is 6.54 Å². The van der Waals surface area contributed by atoms with Crippen LogP contribution in [0.25, 0.3) is 11.0 Å². The van der Waals surface area contributed by atoms with E-state index < -0.39 is 0 Å². The zero-order valence-electron chi connectivity index (χ0n) is 14.3. The lowest BCUT2D eigenvalue weighted by Gasteiger charge is -2.30. The first-order valence-corrected chi connectivity index (χ1v) is 9.13. The summed E-state index contributed by atoms with van der Waals surface area (Å²) in [5.41, 5.74) is 3.01. The van der Waals surface area contributed by atoms with E-state index in [4.69, 9.17) is 11.6 Å². The number of aromatic nitrogens is 3. The monoisotopic (exact) mass is 355 g/mol. The Morgan fingerprint density at radius 2 is 2.12 bits per heavy atom. The van der Waals surface area contributed by atoms with E-state index in [1.165, 1.54) is 18.4 Å². The Morgan fingerprint density at radius 3 is 2.92 bits per heavy atom. The summed E-state index contributed by atoms with van der Waals surface area (Å²) in [7, 11) is 0. The third-order valence-electron chi connectivity index (χ3n) is 4.91. The van der Waals surface area contributed by atoms with Crippen molar-refractivity contribution in [1.82, 2.24) is 19.9 Å². The number of piperidine rings is 1. The minimum Gasteiger partial charge on any atom is -0.346 e. The summed E-state index contributed by atoms with van der Waals surface area (Å²) < 4.78 is 0. The Kier molecular flexibility index (Phi) is 4.59. The molecule has 1 aromatic carbocycles. The van der Waals surface area contributed by atoms with Crippen LogP contribution in [0.15, 0.2) is 36.8 Å². The quantitative estimate of drug-likeness (QED) is 0.718. The van der Waals surface area contributed by atoms with Crippen molar-refractivity contribution in [2.24, 2.45) is 5.92 Å². The van der Waals surface area contributed by atoms with E-state index >= 15 is 0 Å². The molecule has 0 saturated carbocycles. The van der Waals surface area contributed by atoms with E-state index in [1.807, 2.05) is 24.3 Å². The second-order valence-electron chi connectivity index (χ2n) is 6.85. The number of nitrogens with zero attached hydrogens (tertiary/aromatic N) is 3. The highest BCUT2D eigenvalue weighted by Crippen LogP contribution is 2.29. The number of nitrogens with one attached hydrogen (secondary N) is 2. The Morgan fingerprint density at radius 1 is 1.28 bits per heavy atom. The van der Waals surface area contributed by atoms with Crippen molar-refractivity contribution in [2.45, 2.75) is 26.3 Å². The van der Waals surface area contributed by atoms with E-state index in [0.29, 0.717) is 5.02 Å². The van der Waals surface area contributed by atoms with Crippen LogP contribution in [0.5, 0.6) is 0 Å². The lowest BCUT2D eigenvalue weighted by Crippen LogP contribution is -2.32. The second-order valence-corrected chi connectivity index (χ2v) is 7.29. The van der Waals surface area contributed by atoms with E-state index in [0.717, 1.165) is 48.1 Å². The van der Waals surface area contributed by atoms with Gasteiger partial charge in [-0.2, -0.15) is 0 Å². The molecule has 0 bridgehead atoms. The molecule has 0 atom stereocenters. The maximum Gasteiger partial charge on any atom is 0.143 e. The molecule has 2 aromatic heterocycles. The van der Waals surface area contributed by atoms with Crippen molar-refractivity contribution in [3.05, 3.63) is 47.4 Å². The van der Waals surface area contributed by atoms with Gasteiger partial charge in [0.15, 0.2) is 0 Å². The van der Waals surface area contributed by atoms with Crippen molar-refractivity contribution in [1.29, 1.82) is 0 Å². The number of H-pyrrole nitrogens is 1. The molecule has 0 radical (unpaired) electrons. The molecule has 1 aliphatic heterocycles. The summed E-state index contributed by atoms with van der Waals surface area (Å²) in [6.45, 7) is 5.56. The van der Waals surface area contributed by atoms with Crippen molar-refractivity contribution in [3.63, 3.8) is 0 Å². The Bertz CT molecular complexity index is 867. The first-order valence-electron chi connectivity index (χ1n) is 8.75. The van der Waals surface area contributed by atoms with Crippen LogP contribution in [0.2, 0.25) is 5.02 Å². The van der Waals surface area contributed by atoms with Gasteiger partial charge in [-0.3, -0.25) is 4.90 Å². The summed E-state index contributed by atoms with van der Waals surface area (Å²) >= 11 is 6.09. The second kappa shape index (κ2) is 7.02. The largest absolute Gasteiger partial charge is 0.346 e. The van der Waals surface area contributed by atoms with Crippen LogP contribution in [0.3, 0.4) is 0 Å². The molecule has 3 aromatic rings. The highest BCUT2D eigenvalue weighted by molar-refractivity contribution is 6.30. The number of anilines is 2. The molecule has 0 amide bonds. The van der Waals surface area contributed by atoms with Crippen LogP contribution < -0.4 is 5.32 Å². The minimum atomic E-state index is 0.701. The van der Waals surface area contributed by atoms with Crippen LogP contribution in [-0.4, -0.2) is 32.9 Å². The lowest BCUT2D eigenvalue weighted by molar-refractivity contribution is 0.186. The third-order valence-corrected chi connectivity index (χ3v) is 5.14. The molecule has 3 heterocycles. The number of fused-ring (bicyclic) bond motifs is 1. The normalized spacial score (nSPS) is 16.4. The predicted octanol–water partition coefficient (Wildman–Crippen LogP) is 4.59. The first-order chi connectivity index (χ1) is 12.2. The Balaban J connectivity index is 1.62. The molecule has 130 valence electrons. The lowest BCUT2D eigenvalue weighted by atomic mass is 9.99. The van der Waals surface area contributed by atoms with E-state index in [2.05, 4.69) is 38.3 Å². The molecule has 0 unspecified atom stereocenters. The number of benzene rings is 1. The first kappa shape index (κ1) is 16.4. The number of rotatable bonds is 4. The predicted molar refractivity (Wildman–Crippen MR) is 102 cm³/mol. The van der Waals surface area contributed by atoms with Gasteiger partial charge in [0.1, 0.15) is 17.8 Å². The van der Waals surface area contributed by atoms with Gasteiger partial charge in [0.2, 0.25) is 0 Å². The van der Waals surface area contributed by atoms with Crippen LogP contribution in [0.4, 0.5) is 11.5 Å². The smallest absolute Gasteiger partial charge is 0.143 e. The molecule has 6 heteroatoms. The number of hydrogen-bond donors (Lipinski definition) is 2. The molecule has 5 nitrogen and oxygen atoms in total. The van der Waals surface area contributed by atoms with Gasteiger partial charge in [0.25, 0.3) is 0 Å². The molecule has 1 aliphatic rings. The minimum absolute atomic E-state index is 0.701. The number of halogens is 1. The van der Waals surface area contributed by atoms with Crippen LogP contribution in [0, 0.1) is 5.92 Å². The van der Waals surface area contributed by atoms with Crippen molar-refractivity contribution in [3.8, 4) is 0 Å². The SMILES string of the molecule is CC1CCN(Cc2c[nH]c3ncnc(Nc4cccc(Cl)c4)c23)CC1. The average molecular weight is 356 g/mol. The standard InChI is InChI=1S/C19H22ClN5/c1-13-5-7-25(8-6-13)11-14-10-21-18-17(14)19(23-12-22-18)24-16-4-2-3-15(20)9-16/h2-4,9-10,12-13H,5-8,11H2,1H3,(H2,21,22,23,24). The van der Waals surface area contributed by atoms with Gasteiger partial charge in [0, 0.05) is 23.5 Å². The van der Waals surface area contributed by atoms with E-state index in [1.54, 1.807) is 6.33 Å². The summed E-state index contributed by atoms with van der Waals surface area (Å²) in [5, 5.41) is 5.14. The Labute approximate surface area is 152 Å². The fourth-order valence-corrected chi connectivity index (χ4v) is 3.60. The van der Waals surface area contributed by atoms with Gasteiger partial charge in [0.05, 0.1) is 5.39 Å². The fraction of sp³-hybridized carbons (Fsp3) is 0.368. The summed E-state index contributed by atoms with van der Waals surface area (Å²) in [6.07, 6.45) is 6.18. The molecule has 1 saturated heterocycles. The van der Waals surface area contributed by atoms with Gasteiger partial charge in [-0.05, 0) is 55.6 Å². The molecule has 2 N–H and O–H groups in total. The van der Waals surface area contributed by atoms with Gasteiger partial charge >= 0.3 is 0 Å². The van der Waals surface area contributed by atoms with E-state index in [-0.39, 0.29) is 0 Å². The average Bonchev–Trinajstić information content (AvgIpc) is 3.01. The van der Waals surface area contributed by atoms with Crippen LogP contribution in [0.1, 0.15) is 25.3 Å². The molecular formula is C19H22ClN5. The molecule has 0 aliphatic carbocycles. The van der Waals surface area contributed by atoms with Gasteiger partial charge in [-0.15, -0.1) is 0 Å². The number of likely N-dealkylation sites (tertiary alicyclic amines) is 1. The third kappa shape index (κ3) is 3.62. The highest BCUT2D eigenvalue weighted by atomic mass is 35.5. The summed E-state index contributed by atoms with van der Waals surface area (Å²) in [6, 6.07) is 7.67. The number of hydrogen-bond acceptors (Lipinski definition) is 4. The maximum absolute atomic E-state index is 6.09. The molecular weight excluding hydrogens is 334 g/mol. The fourth-order valence-electron chi connectivity index (χ4n) is 3.41. The van der Waals surface area contributed by atoms with Gasteiger partial charge in [-0.25, -0.2) is 9.97 Å². The van der Waals surface area contributed by atoms with E-state index in [9.17, 15) is 0 Å². The molecule has 25 heavy (non-hydrogen) atoms. The molecule has 1 fully saturated rings. The van der Waals surface area contributed by atoms with Crippen molar-refractivity contribution < 1.29 is 0 Å². The highest BCUT2D eigenvalue weighted by Gasteiger charge is 2.18. The van der Waals surface area contributed by atoms with Gasteiger partial charge in [-0.1, -0.05) is 24.6 Å². The topological polar surface area (TPSA) is 56.8 Å². The summed E-state index contributed by atoms with van der Waals surface area (Å²) in [4.78, 5) is 14.6. The van der Waals surface area contributed by atoms with Crippen molar-refractivity contribution >= 4 is 34.1 Å². The zero-order valence-corrected chi connectivity index (χ0v) is 15.1.